The fraction of sp³-hybridized carbons (Fsp3) is 0.176. The maximum Gasteiger partial charge on any atom is 0.336 e. The van der Waals surface area contributed by atoms with Crippen LogP contribution in [0.25, 0.3) is 0 Å². The zero-order valence-corrected chi connectivity index (χ0v) is 12.0. The summed E-state index contributed by atoms with van der Waals surface area (Å²) in [6, 6.07) is 12.7. The van der Waals surface area contributed by atoms with Crippen LogP contribution in [-0.4, -0.2) is 17.0 Å². The minimum atomic E-state index is -0.991. The first-order valence-corrected chi connectivity index (χ1v) is 6.65. The molecule has 4 heteroatoms. The highest BCUT2D eigenvalue weighted by Crippen LogP contribution is 2.20. The molecular formula is C17H17NO3. The van der Waals surface area contributed by atoms with Crippen molar-refractivity contribution in [1.29, 1.82) is 0 Å². The van der Waals surface area contributed by atoms with Crippen molar-refractivity contribution in [3.05, 3.63) is 64.7 Å². The summed E-state index contributed by atoms with van der Waals surface area (Å²) in [6.07, 6.45) is 0.260. The lowest BCUT2D eigenvalue weighted by molar-refractivity contribution is -0.115. The van der Waals surface area contributed by atoms with Gasteiger partial charge in [0, 0.05) is 5.69 Å². The average molecular weight is 283 g/mol. The molecule has 1 amide bonds. The van der Waals surface area contributed by atoms with E-state index in [9.17, 15) is 14.7 Å². The molecule has 0 aliphatic heterocycles. The number of aryl methyl sites for hydroxylation is 1. The Kier molecular flexibility index (Phi) is 4.38. The number of aromatic carboxylic acids is 1. The van der Waals surface area contributed by atoms with Crippen LogP contribution in [0.2, 0.25) is 0 Å². The second-order valence-electron chi connectivity index (χ2n) is 4.98. The minimum absolute atomic E-state index is 0.166. The molecule has 2 rings (SSSR count). The van der Waals surface area contributed by atoms with Crippen LogP contribution >= 0.6 is 0 Å². The fourth-order valence-corrected chi connectivity index (χ4v) is 2.14. The Bertz CT molecular complexity index is 678. The monoisotopic (exact) mass is 283 g/mol. The molecule has 0 radical (unpaired) electrons. The van der Waals surface area contributed by atoms with E-state index in [0.29, 0.717) is 11.3 Å². The number of nitrogens with one attached hydrogen (secondary N) is 1. The van der Waals surface area contributed by atoms with Crippen molar-refractivity contribution in [3.63, 3.8) is 0 Å². The first-order valence-electron chi connectivity index (χ1n) is 6.65. The molecule has 108 valence electrons. The van der Waals surface area contributed by atoms with Gasteiger partial charge in [-0.05, 0) is 42.7 Å². The maximum absolute atomic E-state index is 12.0. The number of rotatable bonds is 4. The molecule has 0 fully saturated rings. The maximum atomic E-state index is 12.0. The number of benzene rings is 2. The Morgan fingerprint density at radius 1 is 1.10 bits per heavy atom. The first kappa shape index (κ1) is 14.8. The van der Waals surface area contributed by atoms with Gasteiger partial charge in [0.15, 0.2) is 0 Å². The van der Waals surface area contributed by atoms with Crippen LogP contribution in [-0.2, 0) is 11.2 Å². The summed E-state index contributed by atoms with van der Waals surface area (Å²) in [7, 11) is 0. The molecule has 4 nitrogen and oxygen atoms in total. The Hall–Kier alpha value is -2.62. The van der Waals surface area contributed by atoms with E-state index in [4.69, 9.17) is 0 Å². The number of carboxylic acid groups (broad SMARTS) is 1. The van der Waals surface area contributed by atoms with Gasteiger partial charge in [0.25, 0.3) is 0 Å². The molecule has 2 N–H and O–H groups in total. The Balaban J connectivity index is 2.16. The van der Waals surface area contributed by atoms with Gasteiger partial charge in [-0.3, -0.25) is 4.79 Å². The van der Waals surface area contributed by atoms with Crippen molar-refractivity contribution in [1.82, 2.24) is 0 Å². The molecule has 0 aromatic heterocycles. The van der Waals surface area contributed by atoms with Gasteiger partial charge < -0.3 is 10.4 Å². The van der Waals surface area contributed by atoms with Crippen molar-refractivity contribution in [2.45, 2.75) is 20.3 Å². The van der Waals surface area contributed by atoms with E-state index < -0.39 is 5.97 Å². The summed E-state index contributed by atoms with van der Waals surface area (Å²) >= 11 is 0. The van der Waals surface area contributed by atoms with Crippen molar-refractivity contribution >= 4 is 17.6 Å². The molecule has 0 spiro atoms. The predicted octanol–water partition coefficient (Wildman–Crippen LogP) is 3.18. The molecule has 0 atom stereocenters. The number of amides is 1. The highest BCUT2D eigenvalue weighted by atomic mass is 16.4. The molecule has 0 saturated heterocycles. The fourth-order valence-electron chi connectivity index (χ4n) is 2.14. The molecule has 2 aromatic rings. The Labute approximate surface area is 123 Å². The number of carbonyl (C=O) groups excluding carboxylic acids is 1. The van der Waals surface area contributed by atoms with E-state index in [1.165, 1.54) is 6.07 Å². The van der Waals surface area contributed by atoms with Crippen molar-refractivity contribution in [3.8, 4) is 0 Å². The topological polar surface area (TPSA) is 66.4 Å². The van der Waals surface area contributed by atoms with Crippen LogP contribution in [0.5, 0.6) is 0 Å². The SMILES string of the molecule is Cc1cc(NC(=O)Cc2ccccc2)cc(C(=O)O)c1C. The van der Waals surface area contributed by atoms with E-state index >= 15 is 0 Å². The van der Waals surface area contributed by atoms with E-state index in [0.717, 1.165) is 11.1 Å². The van der Waals surface area contributed by atoms with Gasteiger partial charge in [-0.1, -0.05) is 30.3 Å². The van der Waals surface area contributed by atoms with Gasteiger partial charge >= 0.3 is 5.97 Å². The normalized spacial score (nSPS) is 10.2. The smallest absolute Gasteiger partial charge is 0.336 e. The summed E-state index contributed by atoms with van der Waals surface area (Å²) in [5.74, 6) is -1.16. The van der Waals surface area contributed by atoms with Crippen LogP contribution < -0.4 is 5.32 Å². The van der Waals surface area contributed by atoms with Gasteiger partial charge in [0.05, 0.1) is 12.0 Å². The van der Waals surface area contributed by atoms with Crippen LogP contribution in [0.15, 0.2) is 42.5 Å². The molecule has 0 aliphatic rings. The summed E-state index contributed by atoms with van der Waals surface area (Å²) < 4.78 is 0. The molecule has 0 aliphatic carbocycles. The third kappa shape index (κ3) is 3.69. The average Bonchev–Trinajstić information content (AvgIpc) is 2.43. The molecular weight excluding hydrogens is 266 g/mol. The largest absolute Gasteiger partial charge is 0.478 e. The molecule has 0 bridgehead atoms. The Morgan fingerprint density at radius 2 is 1.76 bits per heavy atom. The van der Waals surface area contributed by atoms with Crippen LogP contribution in [0, 0.1) is 13.8 Å². The molecule has 21 heavy (non-hydrogen) atoms. The second kappa shape index (κ2) is 6.22. The molecule has 2 aromatic carbocycles. The van der Waals surface area contributed by atoms with Crippen molar-refractivity contribution in [2.75, 3.05) is 5.32 Å². The van der Waals surface area contributed by atoms with Gasteiger partial charge in [0.1, 0.15) is 0 Å². The van der Waals surface area contributed by atoms with E-state index in [-0.39, 0.29) is 17.9 Å². The van der Waals surface area contributed by atoms with Crippen molar-refractivity contribution < 1.29 is 14.7 Å². The van der Waals surface area contributed by atoms with Gasteiger partial charge in [0.2, 0.25) is 5.91 Å². The zero-order chi connectivity index (χ0) is 15.4. The zero-order valence-electron chi connectivity index (χ0n) is 12.0. The summed E-state index contributed by atoms with van der Waals surface area (Å²) in [6.45, 7) is 3.59. The number of hydrogen-bond acceptors (Lipinski definition) is 2. The van der Waals surface area contributed by atoms with E-state index in [2.05, 4.69) is 5.32 Å². The molecule has 0 saturated carbocycles. The van der Waals surface area contributed by atoms with Crippen LogP contribution in [0.3, 0.4) is 0 Å². The second-order valence-corrected chi connectivity index (χ2v) is 4.98. The lowest BCUT2D eigenvalue weighted by atomic mass is 10.0. The number of hydrogen-bond donors (Lipinski definition) is 2. The summed E-state index contributed by atoms with van der Waals surface area (Å²) in [5, 5.41) is 11.9. The number of anilines is 1. The lowest BCUT2D eigenvalue weighted by Gasteiger charge is -2.10. The summed E-state index contributed by atoms with van der Waals surface area (Å²) in [4.78, 5) is 23.2. The van der Waals surface area contributed by atoms with Gasteiger partial charge in [-0.15, -0.1) is 0 Å². The minimum Gasteiger partial charge on any atom is -0.478 e. The van der Waals surface area contributed by atoms with Gasteiger partial charge in [-0.25, -0.2) is 4.79 Å². The quantitative estimate of drug-likeness (QED) is 0.905. The Morgan fingerprint density at radius 3 is 2.38 bits per heavy atom. The first-order chi connectivity index (χ1) is 9.97. The third-order valence-electron chi connectivity index (χ3n) is 3.39. The number of carboxylic acids is 1. The predicted molar refractivity (Wildman–Crippen MR) is 81.7 cm³/mol. The molecule has 0 heterocycles. The van der Waals surface area contributed by atoms with Crippen LogP contribution in [0.4, 0.5) is 5.69 Å². The lowest BCUT2D eigenvalue weighted by Crippen LogP contribution is -2.15. The molecule has 0 unspecified atom stereocenters. The highest BCUT2D eigenvalue weighted by molar-refractivity contribution is 5.96. The van der Waals surface area contributed by atoms with Crippen LogP contribution in [0.1, 0.15) is 27.0 Å². The third-order valence-corrected chi connectivity index (χ3v) is 3.39. The number of carbonyl (C=O) groups is 2. The summed E-state index contributed by atoms with van der Waals surface area (Å²) in [5.41, 5.74) is 3.19. The standard InChI is InChI=1S/C17H17NO3/c1-11-8-14(10-15(12(11)2)17(20)21)18-16(19)9-13-6-4-3-5-7-13/h3-8,10H,9H2,1-2H3,(H,18,19)(H,20,21). The highest BCUT2D eigenvalue weighted by Gasteiger charge is 2.12. The van der Waals surface area contributed by atoms with E-state index in [1.54, 1.807) is 13.0 Å². The van der Waals surface area contributed by atoms with Crippen molar-refractivity contribution in [2.24, 2.45) is 0 Å². The van der Waals surface area contributed by atoms with Gasteiger partial charge in [-0.2, -0.15) is 0 Å². The van der Waals surface area contributed by atoms with E-state index in [1.807, 2.05) is 37.3 Å².